The molecular weight excluding hydrogens is 468 g/mol. The van der Waals surface area contributed by atoms with Gasteiger partial charge in [-0.15, -0.1) is 0 Å². The summed E-state index contributed by atoms with van der Waals surface area (Å²) in [6, 6.07) is 26.0. The molecule has 0 heterocycles. The van der Waals surface area contributed by atoms with E-state index in [9.17, 15) is 4.79 Å². The maximum Gasteiger partial charge on any atom is 0.162 e. The van der Waals surface area contributed by atoms with Crippen LogP contribution in [0.1, 0.15) is 94.2 Å². The molecule has 0 atom stereocenters. The first-order valence-corrected chi connectivity index (χ1v) is 14.4. The van der Waals surface area contributed by atoms with Crippen LogP contribution in [0.15, 0.2) is 84.9 Å². The molecule has 3 rings (SSSR count). The second-order valence-corrected chi connectivity index (χ2v) is 9.99. The Kier molecular flexibility index (Phi) is 13.9. The molecule has 0 aliphatic carbocycles. The molecule has 3 aromatic rings. The Balaban J connectivity index is 1.48. The van der Waals surface area contributed by atoms with Crippen molar-refractivity contribution in [1.82, 2.24) is 0 Å². The summed E-state index contributed by atoms with van der Waals surface area (Å²) in [5.74, 6) is 1.55. The summed E-state index contributed by atoms with van der Waals surface area (Å²) in [6.45, 7) is 3.18. The van der Waals surface area contributed by atoms with E-state index in [1.54, 1.807) is 6.08 Å². The lowest BCUT2D eigenvalue weighted by Gasteiger charge is -2.14. The summed E-state index contributed by atoms with van der Waals surface area (Å²) in [4.78, 5) is 12.4. The molecule has 0 fully saturated rings. The van der Waals surface area contributed by atoms with Crippen molar-refractivity contribution in [1.29, 1.82) is 0 Å². The number of ketones is 1. The predicted octanol–water partition coefficient (Wildman–Crippen LogP) is 9.74. The fourth-order valence-corrected chi connectivity index (χ4v) is 4.39. The van der Waals surface area contributed by atoms with Crippen molar-refractivity contribution in [3.63, 3.8) is 0 Å². The second-order valence-electron chi connectivity index (χ2n) is 9.99. The fraction of sp³-hybridized carbons (Fsp3) is 0.400. The molecular formula is C35H44O3. The minimum Gasteiger partial charge on any atom is -0.485 e. The fourth-order valence-electron chi connectivity index (χ4n) is 4.39. The summed E-state index contributed by atoms with van der Waals surface area (Å²) < 4.78 is 12.2. The van der Waals surface area contributed by atoms with Crippen molar-refractivity contribution in [3.8, 4) is 11.5 Å². The molecule has 38 heavy (non-hydrogen) atoms. The van der Waals surface area contributed by atoms with Crippen LogP contribution in [-0.4, -0.2) is 5.78 Å². The van der Waals surface area contributed by atoms with Crippen LogP contribution in [-0.2, 0) is 18.0 Å². The first-order valence-electron chi connectivity index (χ1n) is 14.4. The molecule has 0 aliphatic heterocycles. The molecule has 0 radical (unpaired) electrons. The molecule has 202 valence electrons. The Labute approximate surface area is 229 Å². The smallest absolute Gasteiger partial charge is 0.162 e. The van der Waals surface area contributed by atoms with E-state index < -0.39 is 0 Å². The Morgan fingerprint density at radius 1 is 0.632 bits per heavy atom. The van der Waals surface area contributed by atoms with Gasteiger partial charge in [0.25, 0.3) is 0 Å². The maximum atomic E-state index is 12.4. The standard InChI is InChI=1S/C35H44O3/c1-2-3-4-5-6-7-8-9-10-17-22-33(36)25-23-30-24-26-34(37-28-31-18-13-11-14-19-31)35(27-30)38-29-32-20-15-12-16-21-32/h11-16,18-21,23-27H,2-10,17,22,28-29H2,1H3/b25-23+. The third kappa shape index (κ3) is 11.8. The first kappa shape index (κ1) is 29.2. The zero-order chi connectivity index (χ0) is 26.7. The summed E-state index contributed by atoms with van der Waals surface area (Å²) >= 11 is 0. The number of unbranched alkanes of at least 4 members (excludes halogenated alkanes) is 9. The molecule has 3 heteroatoms. The molecule has 3 nitrogen and oxygen atoms in total. The van der Waals surface area contributed by atoms with Gasteiger partial charge in [0.15, 0.2) is 17.3 Å². The number of allylic oxidation sites excluding steroid dienone is 1. The van der Waals surface area contributed by atoms with Crippen molar-refractivity contribution in [2.24, 2.45) is 0 Å². The summed E-state index contributed by atoms with van der Waals surface area (Å²) in [5.41, 5.74) is 3.12. The van der Waals surface area contributed by atoms with Gasteiger partial charge in [0.1, 0.15) is 13.2 Å². The van der Waals surface area contributed by atoms with E-state index in [1.807, 2.05) is 84.9 Å². The van der Waals surface area contributed by atoms with E-state index in [4.69, 9.17) is 9.47 Å². The van der Waals surface area contributed by atoms with Gasteiger partial charge in [-0.3, -0.25) is 4.79 Å². The third-order valence-electron chi connectivity index (χ3n) is 6.68. The van der Waals surface area contributed by atoms with Gasteiger partial charge in [-0.2, -0.15) is 0 Å². The topological polar surface area (TPSA) is 35.5 Å². The second kappa shape index (κ2) is 18.0. The number of carbonyl (C=O) groups excluding carboxylic acids is 1. The van der Waals surface area contributed by atoms with Crippen molar-refractivity contribution >= 4 is 11.9 Å². The van der Waals surface area contributed by atoms with Crippen molar-refractivity contribution in [3.05, 3.63) is 102 Å². The molecule has 0 aliphatic rings. The van der Waals surface area contributed by atoms with Gasteiger partial charge in [0.05, 0.1) is 0 Å². The Morgan fingerprint density at radius 3 is 1.74 bits per heavy atom. The van der Waals surface area contributed by atoms with Crippen LogP contribution in [0.5, 0.6) is 11.5 Å². The molecule has 3 aromatic carbocycles. The minimum absolute atomic E-state index is 0.181. The maximum absolute atomic E-state index is 12.4. The Bertz CT molecular complexity index is 1070. The number of hydrogen-bond acceptors (Lipinski definition) is 3. The van der Waals surface area contributed by atoms with E-state index in [1.165, 1.54) is 51.4 Å². The molecule has 0 spiro atoms. The van der Waals surface area contributed by atoms with Crippen LogP contribution in [0.25, 0.3) is 6.08 Å². The van der Waals surface area contributed by atoms with Crippen LogP contribution >= 0.6 is 0 Å². The van der Waals surface area contributed by atoms with Crippen molar-refractivity contribution in [2.45, 2.75) is 90.8 Å². The lowest BCUT2D eigenvalue weighted by molar-refractivity contribution is -0.114. The van der Waals surface area contributed by atoms with Crippen LogP contribution in [0.4, 0.5) is 0 Å². The number of benzene rings is 3. The van der Waals surface area contributed by atoms with Gasteiger partial charge in [-0.05, 0) is 41.3 Å². The predicted molar refractivity (Wildman–Crippen MR) is 158 cm³/mol. The molecule has 0 bridgehead atoms. The monoisotopic (exact) mass is 512 g/mol. The Hall–Kier alpha value is -3.33. The Morgan fingerprint density at radius 2 is 1.16 bits per heavy atom. The van der Waals surface area contributed by atoms with Crippen LogP contribution in [0.3, 0.4) is 0 Å². The van der Waals surface area contributed by atoms with E-state index in [-0.39, 0.29) is 5.78 Å². The van der Waals surface area contributed by atoms with E-state index in [2.05, 4.69) is 6.92 Å². The van der Waals surface area contributed by atoms with Gasteiger partial charge in [0, 0.05) is 6.42 Å². The van der Waals surface area contributed by atoms with Crippen LogP contribution in [0.2, 0.25) is 0 Å². The zero-order valence-corrected chi connectivity index (χ0v) is 23.1. The van der Waals surface area contributed by atoms with Crippen molar-refractivity contribution in [2.75, 3.05) is 0 Å². The van der Waals surface area contributed by atoms with E-state index >= 15 is 0 Å². The normalized spacial score (nSPS) is 11.1. The molecule has 0 amide bonds. The first-order chi connectivity index (χ1) is 18.7. The highest BCUT2D eigenvalue weighted by molar-refractivity contribution is 5.93. The zero-order valence-electron chi connectivity index (χ0n) is 23.1. The van der Waals surface area contributed by atoms with Crippen molar-refractivity contribution < 1.29 is 14.3 Å². The van der Waals surface area contributed by atoms with E-state index in [0.717, 1.165) is 29.5 Å². The van der Waals surface area contributed by atoms with Crippen LogP contribution in [0, 0.1) is 0 Å². The summed E-state index contributed by atoms with van der Waals surface area (Å²) in [7, 11) is 0. The van der Waals surface area contributed by atoms with Gasteiger partial charge in [-0.1, -0.05) is 138 Å². The highest BCUT2D eigenvalue weighted by Crippen LogP contribution is 2.30. The molecule has 0 unspecified atom stereocenters. The molecule has 0 aromatic heterocycles. The average molecular weight is 513 g/mol. The molecule has 0 saturated heterocycles. The van der Waals surface area contributed by atoms with E-state index in [0.29, 0.717) is 31.1 Å². The summed E-state index contributed by atoms with van der Waals surface area (Å²) in [6.07, 6.45) is 16.9. The minimum atomic E-state index is 0.181. The van der Waals surface area contributed by atoms with Gasteiger partial charge in [-0.25, -0.2) is 0 Å². The van der Waals surface area contributed by atoms with Crippen LogP contribution < -0.4 is 9.47 Å². The number of ether oxygens (including phenoxy) is 2. The third-order valence-corrected chi connectivity index (χ3v) is 6.68. The largest absolute Gasteiger partial charge is 0.485 e. The lowest BCUT2D eigenvalue weighted by atomic mass is 10.0. The SMILES string of the molecule is CCCCCCCCCCCCC(=O)/C=C/c1ccc(OCc2ccccc2)c(OCc2ccccc2)c1. The average Bonchev–Trinajstić information content (AvgIpc) is 2.96. The highest BCUT2D eigenvalue weighted by Gasteiger charge is 2.08. The van der Waals surface area contributed by atoms with Gasteiger partial charge < -0.3 is 9.47 Å². The van der Waals surface area contributed by atoms with Gasteiger partial charge >= 0.3 is 0 Å². The number of hydrogen-bond donors (Lipinski definition) is 0. The molecule has 0 N–H and O–H groups in total. The molecule has 0 saturated carbocycles. The highest BCUT2D eigenvalue weighted by atomic mass is 16.5. The lowest BCUT2D eigenvalue weighted by Crippen LogP contribution is -2.01. The van der Waals surface area contributed by atoms with Gasteiger partial charge in [0.2, 0.25) is 0 Å². The number of carbonyl (C=O) groups is 1. The number of rotatable bonds is 19. The summed E-state index contributed by atoms with van der Waals surface area (Å²) in [5, 5.41) is 0. The quantitative estimate of drug-likeness (QED) is 0.118.